The average Bonchev–Trinajstić information content (AvgIpc) is 2.62. The van der Waals surface area contributed by atoms with Gasteiger partial charge in [0.2, 0.25) is 10.0 Å². The van der Waals surface area contributed by atoms with Gasteiger partial charge in [0.05, 0.1) is 23.7 Å². The number of rotatable bonds is 8. The van der Waals surface area contributed by atoms with E-state index in [0.29, 0.717) is 18.6 Å². The molecule has 0 aliphatic carbocycles. The highest BCUT2D eigenvalue weighted by Crippen LogP contribution is 2.14. The van der Waals surface area contributed by atoms with Gasteiger partial charge in [-0.2, -0.15) is 0 Å². The van der Waals surface area contributed by atoms with Crippen LogP contribution in [0.4, 0.5) is 0 Å². The first-order valence-corrected chi connectivity index (χ1v) is 9.23. The van der Waals surface area contributed by atoms with E-state index >= 15 is 0 Å². The Bertz CT molecular complexity index is 786. The standard InChI is InChI=1S/C18H21NO5S/c1-19(2)25(21,22)17-11-9-15(10-12-17)18(20)24-14-6-13-23-16-7-4-3-5-8-16/h3-5,7-12H,6,13-14H2,1-2H3. The summed E-state index contributed by atoms with van der Waals surface area (Å²) in [6.07, 6.45) is 0.563. The van der Waals surface area contributed by atoms with Gasteiger partial charge < -0.3 is 9.47 Å². The minimum absolute atomic E-state index is 0.130. The average molecular weight is 363 g/mol. The number of hydrogen-bond donors (Lipinski definition) is 0. The normalized spacial score (nSPS) is 11.3. The zero-order chi connectivity index (χ0) is 18.3. The Kier molecular flexibility index (Phi) is 6.55. The first kappa shape index (κ1) is 19.0. The fourth-order valence-corrected chi connectivity index (χ4v) is 2.89. The number of ether oxygens (including phenoxy) is 2. The fourth-order valence-electron chi connectivity index (χ4n) is 1.99. The van der Waals surface area contributed by atoms with Crippen molar-refractivity contribution in [2.75, 3.05) is 27.3 Å². The van der Waals surface area contributed by atoms with Crippen molar-refractivity contribution < 1.29 is 22.7 Å². The molecule has 7 heteroatoms. The van der Waals surface area contributed by atoms with E-state index in [2.05, 4.69) is 0 Å². The van der Waals surface area contributed by atoms with Gasteiger partial charge in [0.1, 0.15) is 5.75 Å². The summed E-state index contributed by atoms with van der Waals surface area (Å²) >= 11 is 0. The van der Waals surface area contributed by atoms with Crippen molar-refractivity contribution >= 4 is 16.0 Å². The molecule has 0 saturated carbocycles. The summed E-state index contributed by atoms with van der Waals surface area (Å²) < 4.78 is 35.7. The van der Waals surface area contributed by atoms with Crippen LogP contribution in [0.1, 0.15) is 16.8 Å². The third kappa shape index (κ3) is 5.30. The Morgan fingerprint density at radius 2 is 1.60 bits per heavy atom. The lowest BCUT2D eigenvalue weighted by molar-refractivity contribution is 0.0486. The van der Waals surface area contributed by atoms with Crippen LogP contribution in [0.15, 0.2) is 59.5 Å². The predicted octanol–water partition coefficient (Wildman–Crippen LogP) is 2.56. The topological polar surface area (TPSA) is 72.9 Å². The van der Waals surface area contributed by atoms with Gasteiger partial charge in [-0.1, -0.05) is 18.2 Å². The molecule has 0 atom stereocenters. The van der Waals surface area contributed by atoms with Crippen molar-refractivity contribution in [3.63, 3.8) is 0 Å². The van der Waals surface area contributed by atoms with Crippen molar-refractivity contribution in [1.82, 2.24) is 4.31 Å². The van der Waals surface area contributed by atoms with Gasteiger partial charge in [-0.3, -0.25) is 0 Å². The lowest BCUT2D eigenvalue weighted by Gasteiger charge is -2.11. The SMILES string of the molecule is CN(C)S(=O)(=O)c1ccc(C(=O)OCCCOc2ccccc2)cc1. The van der Waals surface area contributed by atoms with Crippen molar-refractivity contribution in [2.45, 2.75) is 11.3 Å². The van der Waals surface area contributed by atoms with E-state index in [1.165, 1.54) is 38.4 Å². The summed E-state index contributed by atoms with van der Waals surface area (Å²) in [4.78, 5) is 12.1. The van der Waals surface area contributed by atoms with Crippen LogP contribution in [0.2, 0.25) is 0 Å². The van der Waals surface area contributed by atoms with Crippen LogP contribution in [-0.4, -0.2) is 46.0 Å². The number of hydrogen-bond acceptors (Lipinski definition) is 5. The summed E-state index contributed by atoms with van der Waals surface area (Å²) in [5.41, 5.74) is 0.307. The van der Waals surface area contributed by atoms with Gasteiger partial charge in [0, 0.05) is 20.5 Å². The second-order valence-corrected chi connectivity index (χ2v) is 7.61. The lowest BCUT2D eigenvalue weighted by atomic mass is 10.2. The van der Waals surface area contributed by atoms with Crippen molar-refractivity contribution in [2.24, 2.45) is 0 Å². The van der Waals surface area contributed by atoms with E-state index in [1.807, 2.05) is 30.3 Å². The highest BCUT2D eigenvalue weighted by Gasteiger charge is 2.17. The molecule has 2 aromatic carbocycles. The van der Waals surface area contributed by atoms with Gasteiger partial charge in [0.15, 0.2) is 0 Å². The molecule has 0 amide bonds. The molecule has 134 valence electrons. The molecular formula is C18H21NO5S. The Morgan fingerprint density at radius 3 is 2.20 bits per heavy atom. The second kappa shape index (κ2) is 8.64. The molecule has 0 unspecified atom stereocenters. The number of benzene rings is 2. The van der Waals surface area contributed by atoms with E-state index in [9.17, 15) is 13.2 Å². The molecule has 0 aliphatic heterocycles. The summed E-state index contributed by atoms with van der Waals surface area (Å²) in [7, 11) is -0.599. The highest BCUT2D eigenvalue weighted by atomic mass is 32.2. The van der Waals surface area contributed by atoms with Crippen molar-refractivity contribution in [3.8, 4) is 5.75 Å². The lowest BCUT2D eigenvalue weighted by Crippen LogP contribution is -2.22. The van der Waals surface area contributed by atoms with Crippen molar-refractivity contribution in [3.05, 3.63) is 60.2 Å². The second-order valence-electron chi connectivity index (χ2n) is 5.46. The summed E-state index contributed by atoms with van der Waals surface area (Å²) in [5.74, 6) is 0.278. The quantitative estimate of drug-likeness (QED) is 0.532. The van der Waals surface area contributed by atoms with Crippen LogP contribution in [0.25, 0.3) is 0 Å². The molecular weight excluding hydrogens is 342 g/mol. The van der Waals surface area contributed by atoms with Gasteiger partial charge in [0.25, 0.3) is 0 Å². The largest absolute Gasteiger partial charge is 0.493 e. The van der Waals surface area contributed by atoms with Gasteiger partial charge in [-0.25, -0.2) is 17.5 Å². The first-order chi connectivity index (χ1) is 11.9. The molecule has 25 heavy (non-hydrogen) atoms. The Morgan fingerprint density at radius 1 is 0.960 bits per heavy atom. The summed E-state index contributed by atoms with van der Waals surface area (Å²) in [6, 6.07) is 15.1. The summed E-state index contributed by atoms with van der Waals surface area (Å²) in [6.45, 7) is 0.667. The van der Waals surface area contributed by atoms with E-state index in [-0.39, 0.29) is 11.5 Å². The van der Waals surface area contributed by atoms with Crippen LogP contribution in [0.3, 0.4) is 0 Å². The number of carbonyl (C=O) groups excluding carboxylic acids is 1. The predicted molar refractivity (Wildman–Crippen MR) is 94.2 cm³/mol. The van der Waals surface area contributed by atoms with E-state index in [4.69, 9.17) is 9.47 Å². The number of nitrogens with zero attached hydrogens (tertiary/aromatic N) is 1. The highest BCUT2D eigenvalue weighted by molar-refractivity contribution is 7.89. The third-order valence-electron chi connectivity index (χ3n) is 3.40. The molecule has 2 rings (SSSR count). The molecule has 6 nitrogen and oxygen atoms in total. The molecule has 0 heterocycles. The minimum Gasteiger partial charge on any atom is -0.493 e. The number of carbonyl (C=O) groups is 1. The molecule has 0 saturated heterocycles. The number of para-hydroxylation sites is 1. The minimum atomic E-state index is -3.51. The monoisotopic (exact) mass is 363 g/mol. The molecule has 0 aliphatic rings. The first-order valence-electron chi connectivity index (χ1n) is 7.79. The zero-order valence-electron chi connectivity index (χ0n) is 14.2. The molecule has 0 bridgehead atoms. The van der Waals surface area contributed by atoms with E-state index < -0.39 is 16.0 Å². The maximum Gasteiger partial charge on any atom is 0.338 e. The maximum absolute atomic E-state index is 12.0. The van der Waals surface area contributed by atoms with Crippen LogP contribution in [-0.2, 0) is 14.8 Å². The molecule has 0 fully saturated rings. The van der Waals surface area contributed by atoms with Gasteiger partial charge in [-0.05, 0) is 36.4 Å². The summed E-state index contributed by atoms with van der Waals surface area (Å²) in [5, 5.41) is 0. The molecule has 0 spiro atoms. The Balaban J connectivity index is 1.79. The molecule has 0 radical (unpaired) electrons. The molecule has 2 aromatic rings. The third-order valence-corrected chi connectivity index (χ3v) is 5.23. The molecule has 0 N–H and O–H groups in total. The van der Waals surface area contributed by atoms with Crippen LogP contribution < -0.4 is 4.74 Å². The smallest absolute Gasteiger partial charge is 0.338 e. The van der Waals surface area contributed by atoms with E-state index in [0.717, 1.165) is 10.1 Å². The van der Waals surface area contributed by atoms with Gasteiger partial charge >= 0.3 is 5.97 Å². The van der Waals surface area contributed by atoms with Crippen LogP contribution in [0, 0.1) is 0 Å². The molecule has 0 aromatic heterocycles. The number of sulfonamides is 1. The van der Waals surface area contributed by atoms with Gasteiger partial charge in [-0.15, -0.1) is 0 Å². The number of esters is 1. The van der Waals surface area contributed by atoms with Crippen molar-refractivity contribution in [1.29, 1.82) is 0 Å². The van der Waals surface area contributed by atoms with E-state index in [1.54, 1.807) is 0 Å². The Hall–Kier alpha value is -2.38. The fraction of sp³-hybridized carbons (Fsp3) is 0.278. The van der Waals surface area contributed by atoms with Crippen LogP contribution in [0.5, 0.6) is 5.75 Å². The maximum atomic E-state index is 12.0. The van der Waals surface area contributed by atoms with Crippen LogP contribution >= 0.6 is 0 Å². The Labute approximate surface area is 148 Å². The zero-order valence-corrected chi connectivity index (χ0v) is 15.0.